The number of benzene rings is 1. The molecule has 1 unspecified atom stereocenters. The third-order valence-corrected chi connectivity index (χ3v) is 3.05. The van der Waals surface area contributed by atoms with E-state index in [1.165, 1.54) is 0 Å². The highest BCUT2D eigenvalue weighted by atomic mass is 16.4. The fourth-order valence-electron chi connectivity index (χ4n) is 2.16. The van der Waals surface area contributed by atoms with Crippen LogP contribution in [-0.4, -0.2) is 35.0 Å². The first-order valence-electron chi connectivity index (χ1n) is 5.80. The summed E-state index contributed by atoms with van der Waals surface area (Å²) >= 11 is 0. The number of amides is 1. The van der Waals surface area contributed by atoms with Gasteiger partial charge in [0.15, 0.2) is 0 Å². The first kappa shape index (κ1) is 12.4. The summed E-state index contributed by atoms with van der Waals surface area (Å²) in [6.45, 7) is 2.49. The van der Waals surface area contributed by atoms with E-state index in [0.717, 1.165) is 16.8 Å². The molecule has 1 aliphatic rings. The van der Waals surface area contributed by atoms with Crippen LogP contribution in [-0.2, 0) is 16.1 Å². The number of carboxylic acids is 1. The van der Waals surface area contributed by atoms with Crippen LogP contribution in [0.5, 0.6) is 0 Å². The predicted octanol–water partition coefficient (Wildman–Crippen LogP) is 1.22. The van der Waals surface area contributed by atoms with Gasteiger partial charge in [-0.15, -0.1) is 0 Å². The fraction of sp³-hybridized carbons (Fsp3) is 0.385. The van der Waals surface area contributed by atoms with Crippen LogP contribution in [0.3, 0.4) is 0 Å². The van der Waals surface area contributed by atoms with Crippen LogP contribution >= 0.6 is 0 Å². The number of rotatable bonds is 2. The van der Waals surface area contributed by atoms with Gasteiger partial charge in [-0.25, -0.2) is 0 Å². The van der Waals surface area contributed by atoms with Crippen molar-refractivity contribution in [3.05, 3.63) is 29.3 Å². The molecule has 0 saturated carbocycles. The van der Waals surface area contributed by atoms with Gasteiger partial charge in [-0.1, -0.05) is 17.7 Å². The topological polar surface area (TPSA) is 69.6 Å². The molecule has 5 nitrogen and oxygen atoms in total. The van der Waals surface area contributed by atoms with Crippen molar-refractivity contribution in [3.8, 4) is 0 Å². The van der Waals surface area contributed by atoms with Crippen LogP contribution in [0.15, 0.2) is 18.2 Å². The molecule has 1 aliphatic heterocycles. The third kappa shape index (κ3) is 2.45. The molecule has 0 aromatic heterocycles. The molecule has 0 aliphatic carbocycles. The highest BCUT2D eigenvalue weighted by Crippen LogP contribution is 2.24. The van der Waals surface area contributed by atoms with Gasteiger partial charge in [-0.3, -0.25) is 9.59 Å². The molecule has 96 valence electrons. The molecule has 0 radical (unpaired) electrons. The highest BCUT2D eigenvalue weighted by molar-refractivity contribution is 5.89. The number of aliphatic carboxylic acids is 1. The summed E-state index contributed by atoms with van der Waals surface area (Å²) in [4.78, 5) is 24.4. The van der Waals surface area contributed by atoms with E-state index in [9.17, 15) is 9.59 Å². The van der Waals surface area contributed by atoms with Crippen LogP contribution < -0.4 is 5.32 Å². The summed E-state index contributed by atoms with van der Waals surface area (Å²) in [7, 11) is 1.69. The Kier molecular flexibility index (Phi) is 3.23. The number of likely N-dealkylation sites (N-methyl/N-ethyl adjacent to an activating group) is 1. The Bertz CT molecular complexity index is 499. The number of hydrogen-bond acceptors (Lipinski definition) is 3. The van der Waals surface area contributed by atoms with Crippen molar-refractivity contribution in [3.63, 3.8) is 0 Å². The van der Waals surface area contributed by atoms with Crippen molar-refractivity contribution >= 4 is 17.6 Å². The summed E-state index contributed by atoms with van der Waals surface area (Å²) < 4.78 is 0. The summed E-state index contributed by atoms with van der Waals surface area (Å²) in [6, 6.07) is 5.15. The van der Waals surface area contributed by atoms with E-state index < -0.39 is 12.0 Å². The van der Waals surface area contributed by atoms with E-state index in [-0.39, 0.29) is 12.3 Å². The largest absolute Gasteiger partial charge is 0.481 e. The quantitative estimate of drug-likeness (QED) is 0.825. The van der Waals surface area contributed by atoms with Crippen LogP contribution in [0.1, 0.15) is 17.5 Å². The first-order chi connectivity index (χ1) is 8.47. The number of hydrogen-bond donors (Lipinski definition) is 2. The monoisotopic (exact) mass is 248 g/mol. The van der Waals surface area contributed by atoms with Gasteiger partial charge in [0.1, 0.15) is 6.04 Å². The van der Waals surface area contributed by atoms with Gasteiger partial charge < -0.3 is 15.3 Å². The number of fused-ring (bicyclic) bond motifs is 1. The van der Waals surface area contributed by atoms with Crippen molar-refractivity contribution in [1.82, 2.24) is 4.90 Å². The lowest BCUT2D eigenvalue weighted by molar-refractivity contribution is -0.141. The second-order valence-corrected chi connectivity index (χ2v) is 4.65. The van der Waals surface area contributed by atoms with Crippen molar-refractivity contribution in [2.45, 2.75) is 25.9 Å². The molecule has 2 N–H and O–H groups in total. The molecule has 1 atom stereocenters. The number of carbonyl (C=O) groups excluding carboxylic acids is 1. The molecule has 1 heterocycles. The van der Waals surface area contributed by atoms with Gasteiger partial charge in [0.25, 0.3) is 0 Å². The Labute approximate surface area is 105 Å². The van der Waals surface area contributed by atoms with E-state index >= 15 is 0 Å². The maximum absolute atomic E-state index is 12.0. The molecule has 18 heavy (non-hydrogen) atoms. The van der Waals surface area contributed by atoms with Crippen molar-refractivity contribution in [1.29, 1.82) is 0 Å². The summed E-state index contributed by atoms with van der Waals surface area (Å²) in [5.74, 6) is -1.17. The SMILES string of the molecule is Cc1ccc2c(c1)CN(C)C(=O)C(CC(=O)O)N2. The molecule has 0 fully saturated rings. The summed E-state index contributed by atoms with van der Waals surface area (Å²) in [6.07, 6.45) is -0.212. The van der Waals surface area contributed by atoms with Gasteiger partial charge in [0.05, 0.1) is 6.42 Å². The average molecular weight is 248 g/mol. The van der Waals surface area contributed by atoms with E-state index in [1.54, 1.807) is 11.9 Å². The molecule has 1 amide bonds. The summed E-state index contributed by atoms with van der Waals surface area (Å²) in [5.41, 5.74) is 2.97. The average Bonchev–Trinajstić information content (AvgIpc) is 2.39. The molecular weight excluding hydrogens is 232 g/mol. The Morgan fingerprint density at radius 1 is 1.56 bits per heavy atom. The lowest BCUT2D eigenvalue weighted by Gasteiger charge is -2.19. The Hall–Kier alpha value is -2.04. The van der Waals surface area contributed by atoms with Gasteiger partial charge in [-0.05, 0) is 18.6 Å². The zero-order chi connectivity index (χ0) is 13.3. The van der Waals surface area contributed by atoms with E-state index in [1.807, 2.05) is 25.1 Å². The number of carboxylic acid groups (broad SMARTS) is 1. The van der Waals surface area contributed by atoms with E-state index in [4.69, 9.17) is 5.11 Å². The van der Waals surface area contributed by atoms with Crippen LogP contribution in [0.4, 0.5) is 5.69 Å². The predicted molar refractivity (Wildman–Crippen MR) is 67.3 cm³/mol. The first-order valence-corrected chi connectivity index (χ1v) is 5.80. The highest BCUT2D eigenvalue weighted by Gasteiger charge is 2.28. The Morgan fingerprint density at radius 2 is 2.28 bits per heavy atom. The molecule has 1 aromatic rings. The molecular formula is C13H16N2O3. The number of nitrogens with one attached hydrogen (secondary N) is 1. The van der Waals surface area contributed by atoms with Crippen molar-refractivity contribution in [2.24, 2.45) is 0 Å². The maximum atomic E-state index is 12.0. The Balaban J connectivity index is 2.34. The van der Waals surface area contributed by atoms with Crippen LogP contribution in [0.2, 0.25) is 0 Å². The minimum absolute atomic E-state index is 0.189. The van der Waals surface area contributed by atoms with Gasteiger partial charge in [0, 0.05) is 19.3 Å². The number of anilines is 1. The Morgan fingerprint density at radius 3 is 2.94 bits per heavy atom. The molecule has 1 aromatic carbocycles. The lowest BCUT2D eigenvalue weighted by atomic mass is 10.1. The van der Waals surface area contributed by atoms with E-state index in [2.05, 4.69) is 5.32 Å². The van der Waals surface area contributed by atoms with E-state index in [0.29, 0.717) is 6.54 Å². The number of aryl methyl sites for hydroxylation is 1. The maximum Gasteiger partial charge on any atom is 0.305 e. The minimum Gasteiger partial charge on any atom is -0.481 e. The number of carbonyl (C=O) groups is 2. The molecule has 2 rings (SSSR count). The van der Waals surface area contributed by atoms with Crippen molar-refractivity contribution < 1.29 is 14.7 Å². The van der Waals surface area contributed by atoms with Crippen molar-refractivity contribution in [2.75, 3.05) is 12.4 Å². The van der Waals surface area contributed by atoms with Gasteiger partial charge in [-0.2, -0.15) is 0 Å². The normalized spacial score (nSPS) is 18.9. The second-order valence-electron chi connectivity index (χ2n) is 4.65. The minimum atomic E-state index is -0.982. The van der Waals surface area contributed by atoms with Gasteiger partial charge in [0.2, 0.25) is 5.91 Å². The lowest BCUT2D eigenvalue weighted by Crippen LogP contribution is -2.39. The number of nitrogens with zero attached hydrogens (tertiary/aromatic N) is 1. The van der Waals surface area contributed by atoms with Crippen LogP contribution in [0, 0.1) is 6.92 Å². The van der Waals surface area contributed by atoms with Gasteiger partial charge >= 0.3 is 5.97 Å². The standard InChI is InChI=1S/C13H16N2O3/c1-8-3-4-10-9(5-8)7-15(2)13(18)11(14-10)6-12(16)17/h3-5,11,14H,6-7H2,1-2H3,(H,16,17). The molecule has 0 spiro atoms. The second kappa shape index (κ2) is 4.68. The molecule has 0 saturated heterocycles. The molecule has 5 heteroatoms. The molecule has 0 bridgehead atoms. The third-order valence-electron chi connectivity index (χ3n) is 3.05. The smallest absolute Gasteiger partial charge is 0.305 e. The zero-order valence-corrected chi connectivity index (χ0v) is 10.4. The summed E-state index contributed by atoms with van der Waals surface area (Å²) in [5, 5.41) is 11.9. The fourth-order valence-corrected chi connectivity index (χ4v) is 2.16. The zero-order valence-electron chi connectivity index (χ0n) is 10.4. The van der Waals surface area contributed by atoms with Crippen LogP contribution in [0.25, 0.3) is 0 Å².